The number of hydrazone groups is 1. The Kier molecular flexibility index (Phi) is 4.47. The molecule has 0 atom stereocenters. The number of nitrogens with zero attached hydrogens (tertiary/aromatic N) is 1. The van der Waals surface area contributed by atoms with E-state index in [2.05, 4.69) is 40.9 Å². The fourth-order valence-electron chi connectivity index (χ4n) is 3.80. The fourth-order valence-corrected chi connectivity index (χ4v) is 3.80. The quantitative estimate of drug-likeness (QED) is 0.409. The minimum Gasteiger partial charge on any atom is -0.273 e. The molecule has 1 aliphatic rings. The monoisotopic (exact) mass is 330 g/mol. The Labute approximate surface area is 147 Å². The lowest BCUT2D eigenvalue weighted by Gasteiger charge is -2.19. The highest BCUT2D eigenvalue weighted by Crippen LogP contribution is 2.27. The number of nitrogens with one attached hydrogen (secondary N) is 1. The Hall–Kier alpha value is -2.68. The molecule has 0 saturated heterocycles. The van der Waals surface area contributed by atoms with E-state index in [0.717, 1.165) is 42.0 Å². The summed E-state index contributed by atoms with van der Waals surface area (Å²) in [6, 6.07) is 18.8. The van der Waals surface area contributed by atoms with E-state index < -0.39 is 0 Å². The average molecular weight is 330 g/mol. The maximum absolute atomic E-state index is 12.3. The van der Waals surface area contributed by atoms with Crippen molar-refractivity contribution < 1.29 is 4.79 Å². The average Bonchev–Trinajstić information content (AvgIpc) is 2.68. The molecule has 0 heterocycles. The molecule has 0 unspecified atom stereocenters. The number of hydrogen-bond acceptors (Lipinski definition) is 2. The molecule has 25 heavy (non-hydrogen) atoms. The van der Waals surface area contributed by atoms with Crippen LogP contribution in [-0.2, 0) is 4.79 Å². The van der Waals surface area contributed by atoms with Crippen molar-refractivity contribution >= 4 is 33.7 Å². The fraction of sp³-hybridized carbons (Fsp3) is 0.273. The van der Waals surface area contributed by atoms with Crippen LogP contribution in [0.5, 0.6) is 0 Å². The lowest BCUT2D eigenvalue weighted by molar-refractivity contribution is -0.125. The largest absolute Gasteiger partial charge is 0.273 e. The Bertz CT molecular complexity index is 885. The molecule has 0 spiro atoms. The van der Waals surface area contributed by atoms with Gasteiger partial charge in [-0.1, -0.05) is 67.8 Å². The van der Waals surface area contributed by atoms with Crippen molar-refractivity contribution in [3.8, 4) is 0 Å². The van der Waals surface area contributed by atoms with E-state index in [1.54, 1.807) is 6.21 Å². The van der Waals surface area contributed by atoms with E-state index in [1.807, 2.05) is 24.3 Å². The number of amides is 1. The third kappa shape index (κ3) is 3.27. The normalized spacial score (nSPS) is 15.8. The summed E-state index contributed by atoms with van der Waals surface area (Å²) in [6.45, 7) is 0. The standard InChI is InChI=1S/C22H22N2O/c25-22(16-8-2-1-3-9-16)24-23-15-21-19-12-6-4-10-17(19)14-18-11-5-7-13-20(18)21/h4-7,10-16H,1-3,8-9H2,(H,24,25)/b23-15+. The summed E-state index contributed by atoms with van der Waals surface area (Å²) in [4.78, 5) is 12.3. The first-order valence-electron chi connectivity index (χ1n) is 9.06. The number of fused-ring (bicyclic) bond motifs is 2. The molecule has 3 heteroatoms. The number of rotatable bonds is 3. The van der Waals surface area contributed by atoms with Crippen LogP contribution < -0.4 is 5.43 Å². The Morgan fingerprint density at radius 3 is 2.16 bits per heavy atom. The highest BCUT2D eigenvalue weighted by atomic mass is 16.2. The summed E-state index contributed by atoms with van der Waals surface area (Å²) in [6.07, 6.45) is 7.31. The first-order chi connectivity index (χ1) is 12.3. The van der Waals surface area contributed by atoms with Gasteiger partial charge in [-0.15, -0.1) is 0 Å². The van der Waals surface area contributed by atoms with Crippen molar-refractivity contribution in [1.29, 1.82) is 0 Å². The second-order valence-corrected chi connectivity index (χ2v) is 6.80. The highest BCUT2D eigenvalue weighted by molar-refractivity contribution is 6.13. The number of hydrogen-bond donors (Lipinski definition) is 1. The summed E-state index contributed by atoms with van der Waals surface area (Å²) in [7, 11) is 0. The van der Waals surface area contributed by atoms with E-state index in [9.17, 15) is 4.79 Å². The van der Waals surface area contributed by atoms with Gasteiger partial charge in [-0.3, -0.25) is 4.79 Å². The molecule has 0 aliphatic heterocycles. The molecule has 0 bridgehead atoms. The van der Waals surface area contributed by atoms with Gasteiger partial charge in [0, 0.05) is 11.5 Å². The first kappa shape index (κ1) is 15.8. The van der Waals surface area contributed by atoms with Crippen molar-refractivity contribution in [2.24, 2.45) is 11.0 Å². The topological polar surface area (TPSA) is 41.5 Å². The molecule has 0 radical (unpaired) electrons. The van der Waals surface area contributed by atoms with Crippen LogP contribution in [0.2, 0.25) is 0 Å². The summed E-state index contributed by atoms with van der Waals surface area (Å²) in [5.74, 6) is 0.177. The Balaban J connectivity index is 1.66. The van der Waals surface area contributed by atoms with Crippen LogP contribution in [0.1, 0.15) is 37.7 Å². The van der Waals surface area contributed by atoms with Gasteiger partial charge in [0.1, 0.15) is 0 Å². The van der Waals surface area contributed by atoms with Crippen LogP contribution >= 0.6 is 0 Å². The van der Waals surface area contributed by atoms with Crippen molar-refractivity contribution in [3.63, 3.8) is 0 Å². The molecule has 3 aromatic rings. The number of carbonyl (C=O) groups excluding carboxylic acids is 1. The van der Waals surface area contributed by atoms with E-state index in [-0.39, 0.29) is 11.8 Å². The summed E-state index contributed by atoms with van der Waals surface area (Å²) in [5.41, 5.74) is 3.81. The van der Waals surface area contributed by atoms with Gasteiger partial charge in [0.2, 0.25) is 5.91 Å². The van der Waals surface area contributed by atoms with Crippen LogP contribution in [0, 0.1) is 5.92 Å². The van der Waals surface area contributed by atoms with Gasteiger partial charge in [-0.25, -0.2) is 5.43 Å². The third-order valence-corrected chi connectivity index (χ3v) is 5.16. The molecule has 1 saturated carbocycles. The third-order valence-electron chi connectivity index (χ3n) is 5.16. The zero-order valence-electron chi connectivity index (χ0n) is 14.2. The minimum absolute atomic E-state index is 0.0560. The van der Waals surface area contributed by atoms with Crippen LogP contribution in [0.3, 0.4) is 0 Å². The van der Waals surface area contributed by atoms with Gasteiger partial charge in [0.05, 0.1) is 6.21 Å². The van der Waals surface area contributed by atoms with Gasteiger partial charge < -0.3 is 0 Å². The van der Waals surface area contributed by atoms with E-state index in [1.165, 1.54) is 17.2 Å². The minimum atomic E-state index is 0.0560. The second kappa shape index (κ2) is 7.06. The van der Waals surface area contributed by atoms with Crippen molar-refractivity contribution in [1.82, 2.24) is 5.43 Å². The summed E-state index contributed by atoms with van der Waals surface area (Å²) < 4.78 is 0. The molecule has 126 valence electrons. The summed E-state index contributed by atoms with van der Waals surface area (Å²) in [5, 5.41) is 8.96. The van der Waals surface area contributed by atoms with E-state index in [0.29, 0.717) is 0 Å². The molecule has 4 rings (SSSR count). The van der Waals surface area contributed by atoms with Gasteiger partial charge >= 0.3 is 0 Å². The van der Waals surface area contributed by atoms with Crippen molar-refractivity contribution in [2.75, 3.05) is 0 Å². The van der Waals surface area contributed by atoms with Gasteiger partial charge in [-0.05, 0) is 40.5 Å². The lowest BCUT2D eigenvalue weighted by atomic mass is 9.89. The second-order valence-electron chi connectivity index (χ2n) is 6.80. The van der Waals surface area contributed by atoms with E-state index >= 15 is 0 Å². The molecule has 1 amide bonds. The molecule has 0 aromatic heterocycles. The SMILES string of the molecule is O=C(N/N=C/c1c2ccccc2cc2ccccc12)C1CCCCC1. The molecule has 1 aliphatic carbocycles. The van der Waals surface area contributed by atoms with Crippen LogP contribution in [0.4, 0.5) is 0 Å². The lowest BCUT2D eigenvalue weighted by Crippen LogP contribution is -2.28. The molecule has 3 aromatic carbocycles. The van der Waals surface area contributed by atoms with Crippen molar-refractivity contribution in [3.05, 3.63) is 60.2 Å². The predicted octanol–water partition coefficient (Wildman–Crippen LogP) is 5.02. The smallest absolute Gasteiger partial charge is 0.243 e. The highest BCUT2D eigenvalue weighted by Gasteiger charge is 2.20. The zero-order chi connectivity index (χ0) is 17.1. The summed E-state index contributed by atoms with van der Waals surface area (Å²) >= 11 is 0. The van der Waals surface area contributed by atoms with E-state index in [4.69, 9.17) is 0 Å². The van der Waals surface area contributed by atoms with Gasteiger partial charge in [0.25, 0.3) is 0 Å². The number of benzene rings is 3. The van der Waals surface area contributed by atoms with Crippen molar-refractivity contribution in [2.45, 2.75) is 32.1 Å². The molecule has 3 nitrogen and oxygen atoms in total. The van der Waals surface area contributed by atoms with Crippen LogP contribution in [0.15, 0.2) is 59.7 Å². The van der Waals surface area contributed by atoms with Crippen LogP contribution in [-0.4, -0.2) is 12.1 Å². The molecule has 1 fully saturated rings. The molecular weight excluding hydrogens is 308 g/mol. The maximum atomic E-state index is 12.3. The Morgan fingerprint density at radius 1 is 0.920 bits per heavy atom. The van der Waals surface area contributed by atoms with Crippen LogP contribution in [0.25, 0.3) is 21.5 Å². The number of carbonyl (C=O) groups is 1. The van der Waals surface area contributed by atoms with Gasteiger partial charge in [-0.2, -0.15) is 5.10 Å². The predicted molar refractivity (Wildman–Crippen MR) is 104 cm³/mol. The Morgan fingerprint density at radius 2 is 1.52 bits per heavy atom. The van der Waals surface area contributed by atoms with Gasteiger partial charge in [0.15, 0.2) is 0 Å². The zero-order valence-corrected chi connectivity index (χ0v) is 14.2. The first-order valence-corrected chi connectivity index (χ1v) is 9.06. The maximum Gasteiger partial charge on any atom is 0.243 e. The molecular formula is C22H22N2O. The molecule has 1 N–H and O–H groups in total.